The fourth-order valence-electron chi connectivity index (χ4n) is 1.71. The van der Waals surface area contributed by atoms with Crippen LogP contribution in [-0.4, -0.2) is 13.4 Å². The van der Waals surface area contributed by atoms with E-state index in [0.29, 0.717) is 16.1 Å². The van der Waals surface area contributed by atoms with E-state index in [-0.39, 0.29) is 16.4 Å². The van der Waals surface area contributed by atoms with Crippen molar-refractivity contribution in [2.45, 2.75) is 11.4 Å². The van der Waals surface area contributed by atoms with Crippen LogP contribution in [0, 0.1) is 0 Å². The first-order chi connectivity index (χ1) is 9.90. The number of hydrogen-bond donors (Lipinski definition) is 2. The molecular weight excluding hydrogens is 328 g/mol. The van der Waals surface area contributed by atoms with Crippen molar-refractivity contribution in [3.05, 3.63) is 64.7 Å². The second kappa shape index (κ2) is 6.53. The summed E-state index contributed by atoms with van der Waals surface area (Å²) in [5.41, 5.74) is 6.72. The maximum Gasteiger partial charge on any atom is 0.240 e. The van der Waals surface area contributed by atoms with Crippen LogP contribution in [0.4, 0.5) is 0 Å². The molecule has 0 spiro atoms. The van der Waals surface area contributed by atoms with E-state index in [1.54, 1.807) is 36.4 Å². The van der Waals surface area contributed by atoms with E-state index in [1.165, 1.54) is 12.1 Å². The van der Waals surface area contributed by atoms with Gasteiger partial charge in [0.2, 0.25) is 10.0 Å². The minimum Gasteiger partial charge on any atom is -0.389 e. The Morgan fingerprint density at radius 2 is 1.90 bits per heavy atom. The molecule has 110 valence electrons. The molecule has 4 nitrogen and oxygen atoms in total. The zero-order valence-electron chi connectivity index (χ0n) is 10.9. The Balaban J connectivity index is 2.21. The SMILES string of the molecule is NC(=S)c1cccc(S(=O)(=O)NCc2ccccc2Cl)c1. The van der Waals surface area contributed by atoms with Gasteiger partial charge in [-0.2, -0.15) is 0 Å². The molecule has 0 saturated carbocycles. The number of nitrogens with two attached hydrogens (primary N) is 1. The molecule has 0 aliphatic rings. The Labute approximate surface area is 134 Å². The number of thiocarbonyl (C=S) groups is 1. The van der Waals surface area contributed by atoms with Gasteiger partial charge in [-0.05, 0) is 23.8 Å². The lowest BCUT2D eigenvalue weighted by molar-refractivity contribution is 0.581. The minimum atomic E-state index is -3.66. The summed E-state index contributed by atoms with van der Waals surface area (Å²) >= 11 is 10.8. The number of hydrogen-bond acceptors (Lipinski definition) is 3. The highest BCUT2D eigenvalue weighted by Crippen LogP contribution is 2.16. The molecule has 2 rings (SSSR count). The average molecular weight is 341 g/mol. The average Bonchev–Trinajstić information content (AvgIpc) is 2.46. The highest BCUT2D eigenvalue weighted by atomic mass is 35.5. The first kappa shape index (κ1) is 15.9. The van der Waals surface area contributed by atoms with Gasteiger partial charge in [0.15, 0.2) is 0 Å². The van der Waals surface area contributed by atoms with Crippen molar-refractivity contribution in [2.24, 2.45) is 5.73 Å². The summed E-state index contributed by atoms with van der Waals surface area (Å²) in [6.07, 6.45) is 0. The molecule has 0 aliphatic heterocycles. The molecule has 0 saturated heterocycles. The van der Waals surface area contributed by atoms with E-state index in [2.05, 4.69) is 4.72 Å². The van der Waals surface area contributed by atoms with E-state index in [4.69, 9.17) is 29.6 Å². The standard InChI is InChI=1S/C14H13ClN2O2S2/c15-13-7-2-1-4-11(13)9-17-21(18,19)12-6-3-5-10(8-12)14(16)20/h1-8,17H,9H2,(H2,16,20). The van der Waals surface area contributed by atoms with Gasteiger partial charge in [-0.25, -0.2) is 13.1 Å². The zero-order chi connectivity index (χ0) is 15.5. The van der Waals surface area contributed by atoms with Crippen LogP contribution in [0.3, 0.4) is 0 Å². The van der Waals surface area contributed by atoms with Gasteiger partial charge in [-0.1, -0.05) is 54.2 Å². The highest BCUT2D eigenvalue weighted by molar-refractivity contribution is 7.89. The molecule has 2 aromatic rings. The molecule has 7 heteroatoms. The van der Waals surface area contributed by atoms with Crippen LogP contribution in [0.2, 0.25) is 5.02 Å². The second-order valence-corrected chi connectivity index (χ2v) is 6.92. The van der Waals surface area contributed by atoms with E-state index in [0.717, 1.165) is 0 Å². The molecule has 3 N–H and O–H groups in total. The van der Waals surface area contributed by atoms with Crippen molar-refractivity contribution >= 4 is 38.8 Å². The Kier molecular flexibility index (Phi) is 4.95. The largest absolute Gasteiger partial charge is 0.389 e. The van der Waals surface area contributed by atoms with Gasteiger partial charge in [0, 0.05) is 17.1 Å². The second-order valence-electron chi connectivity index (χ2n) is 4.31. The molecule has 0 amide bonds. The maximum atomic E-state index is 12.3. The van der Waals surface area contributed by atoms with Gasteiger partial charge < -0.3 is 5.73 Å². The molecule has 0 aliphatic carbocycles. The molecule has 0 bridgehead atoms. The molecular formula is C14H13ClN2O2S2. The summed E-state index contributed by atoms with van der Waals surface area (Å²) in [7, 11) is -3.66. The van der Waals surface area contributed by atoms with Crippen LogP contribution >= 0.6 is 23.8 Å². The fourth-order valence-corrected chi connectivity index (χ4v) is 3.10. The fraction of sp³-hybridized carbons (Fsp3) is 0.0714. The summed E-state index contributed by atoms with van der Waals surface area (Å²) in [5.74, 6) is 0. The first-order valence-corrected chi connectivity index (χ1v) is 8.30. The predicted molar refractivity (Wildman–Crippen MR) is 87.8 cm³/mol. The van der Waals surface area contributed by atoms with Crippen molar-refractivity contribution < 1.29 is 8.42 Å². The highest BCUT2D eigenvalue weighted by Gasteiger charge is 2.15. The number of nitrogens with one attached hydrogen (secondary N) is 1. The number of benzene rings is 2. The molecule has 0 aromatic heterocycles. The van der Waals surface area contributed by atoms with Gasteiger partial charge in [-0.15, -0.1) is 0 Å². The van der Waals surface area contributed by atoms with Crippen molar-refractivity contribution in [1.82, 2.24) is 4.72 Å². The lowest BCUT2D eigenvalue weighted by Gasteiger charge is -2.09. The zero-order valence-corrected chi connectivity index (χ0v) is 13.3. The van der Waals surface area contributed by atoms with Crippen molar-refractivity contribution in [2.75, 3.05) is 0 Å². The quantitative estimate of drug-likeness (QED) is 0.820. The summed E-state index contributed by atoms with van der Waals surface area (Å²) < 4.78 is 27.0. The molecule has 2 aromatic carbocycles. The Bertz CT molecular complexity index is 776. The van der Waals surface area contributed by atoms with Crippen LogP contribution in [0.1, 0.15) is 11.1 Å². The first-order valence-electron chi connectivity index (χ1n) is 6.03. The van der Waals surface area contributed by atoms with Crippen LogP contribution in [0.25, 0.3) is 0 Å². The van der Waals surface area contributed by atoms with Crippen molar-refractivity contribution in [3.8, 4) is 0 Å². The molecule has 0 heterocycles. The molecule has 0 atom stereocenters. The number of rotatable bonds is 5. The van der Waals surface area contributed by atoms with Crippen LogP contribution < -0.4 is 10.5 Å². The van der Waals surface area contributed by atoms with Gasteiger partial charge in [0.05, 0.1) is 4.90 Å². The predicted octanol–water partition coefficient (Wildman–Crippen LogP) is 2.45. The van der Waals surface area contributed by atoms with Crippen molar-refractivity contribution in [3.63, 3.8) is 0 Å². The van der Waals surface area contributed by atoms with Crippen LogP contribution in [0.15, 0.2) is 53.4 Å². The van der Waals surface area contributed by atoms with E-state index < -0.39 is 10.0 Å². The smallest absolute Gasteiger partial charge is 0.240 e. The molecule has 0 fully saturated rings. The summed E-state index contributed by atoms with van der Waals surface area (Å²) in [4.78, 5) is 0.262. The number of sulfonamides is 1. The lowest BCUT2D eigenvalue weighted by atomic mass is 10.2. The topological polar surface area (TPSA) is 72.2 Å². The van der Waals surface area contributed by atoms with Gasteiger partial charge >= 0.3 is 0 Å². The van der Waals surface area contributed by atoms with Gasteiger partial charge in [0.25, 0.3) is 0 Å². The third kappa shape index (κ3) is 4.01. The molecule has 0 radical (unpaired) electrons. The van der Waals surface area contributed by atoms with E-state index >= 15 is 0 Å². The summed E-state index contributed by atoms with van der Waals surface area (Å²) in [5, 5.41) is 0.511. The molecule has 21 heavy (non-hydrogen) atoms. The maximum absolute atomic E-state index is 12.3. The monoisotopic (exact) mass is 340 g/mol. The minimum absolute atomic E-state index is 0.110. The van der Waals surface area contributed by atoms with Gasteiger partial charge in [0.1, 0.15) is 4.99 Å². The normalized spacial score (nSPS) is 11.3. The summed E-state index contributed by atoms with van der Waals surface area (Å²) in [6, 6.07) is 13.2. The molecule has 0 unspecified atom stereocenters. The van der Waals surface area contributed by atoms with E-state index in [9.17, 15) is 8.42 Å². The number of halogens is 1. The van der Waals surface area contributed by atoms with Crippen LogP contribution in [-0.2, 0) is 16.6 Å². The summed E-state index contributed by atoms with van der Waals surface area (Å²) in [6.45, 7) is 0.110. The Hall–Kier alpha value is -1.47. The third-order valence-corrected chi connectivity index (χ3v) is 4.84. The van der Waals surface area contributed by atoms with Crippen LogP contribution in [0.5, 0.6) is 0 Å². The van der Waals surface area contributed by atoms with Gasteiger partial charge in [-0.3, -0.25) is 0 Å². The Morgan fingerprint density at radius 1 is 1.19 bits per heavy atom. The Morgan fingerprint density at radius 3 is 2.57 bits per heavy atom. The van der Waals surface area contributed by atoms with E-state index in [1.807, 2.05) is 0 Å². The third-order valence-electron chi connectivity index (χ3n) is 2.84. The lowest BCUT2D eigenvalue weighted by Crippen LogP contribution is -2.24. The van der Waals surface area contributed by atoms with Crippen molar-refractivity contribution in [1.29, 1.82) is 0 Å².